The van der Waals surface area contributed by atoms with E-state index in [1.807, 2.05) is 24.3 Å². The first-order valence-corrected chi connectivity index (χ1v) is 9.47. The molecule has 7 nitrogen and oxygen atoms in total. The van der Waals surface area contributed by atoms with Crippen LogP contribution in [0.2, 0.25) is 0 Å². The maximum absolute atomic E-state index is 13.9. The van der Waals surface area contributed by atoms with Gasteiger partial charge in [-0.15, -0.1) is 0 Å². The molecule has 0 saturated carbocycles. The van der Waals surface area contributed by atoms with E-state index in [4.69, 9.17) is 9.26 Å². The maximum Gasteiger partial charge on any atom is 0.256 e. The minimum Gasteiger partial charge on any atom is -0.497 e. The first-order chi connectivity index (χ1) is 14.5. The molecule has 0 radical (unpaired) electrons. The van der Waals surface area contributed by atoms with E-state index in [1.54, 1.807) is 12.0 Å². The molecule has 30 heavy (non-hydrogen) atoms. The number of amides is 1. The highest BCUT2D eigenvalue weighted by molar-refractivity contribution is 5.94. The summed E-state index contributed by atoms with van der Waals surface area (Å²) in [6.07, 6.45) is 0. The summed E-state index contributed by atoms with van der Waals surface area (Å²) in [6.45, 7) is 2.46. The molecule has 1 aromatic heterocycles. The predicted molar refractivity (Wildman–Crippen MR) is 104 cm³/mol. The van der Waals surface area contributed by atoms with Crippen molar-refractivity contribution in [2.75, 3.05) is 33.3 Å². The van der Waals surface area contributed by atoms with E-state index in [-0.39, 0.29) is 5.56 Å². The number of halogens is 2. The zero-order valence-corrected chi connectivity index (χ0v) is 16.3. The van der Waals surface area contributed by atoms with Gasteiger partial charge in [-0.05, 0) is 36.4 Å². The van der Waals surface area contributed by atoms with Crippen LogP contribution in [-0.2, 0) is 6.54 Å². The van der Waals surface area contributed by atoms with Gasteiger partial charge in [-0.2, -0.15) is 4.98 Å². The lowest BCUT2D eigenvalue weighted by atomic mass is 10.1. The monoisotopic (exact) mass is 414 g/mol. The quantitative estimate of drug-likeness (QED) is 0.639. The van der Waals surface area contributed by atoms with Crippen LogP contribution >= 0.6 is 0 Å². The van der Waals surface area contributed by atoms with Gasteiger partial charge >= 0.3 is 0 Å². The van der Waals surface area contributed by atoms with E-state index in [2.05, 4.69) is 15.0 Å². The summed E-state index contributed by atoms with van der Waals surface area (Å²) in [5.41, 5.74) is 0.702. The number of hydrogen-bond donors (Lipinski definition) is 0. The molecule has 0 N–H and O–H groups in total. The van der Waals surface area contributed by atoms with E-state index in [0.717, 1.165) is 23.4 Å². The molecule has 1 aliphatic heterocycles. The van der Waals surface area contributed by atoms with Crippen molar-refractivity contribution in [1.29, 1.82) is 0 Å². The highest BCUT2D eigenvalue weighted by atomic mass is 19.1. The fourth-order valence-corrected chi connectivity index (χ4v) is 3.31. The van der Waals surface area contributed by atoms with E-state index in [9.17, 15) is 13.6 Å². The standard InChI is InChI=1S/C21H20F2N4O3/c1-29-16-5-2-14(3-6-16)20-24-19(30-25-20)13-26-8-10-27(11-9-26)21(28)17-7-4-15(22)12-18(17)23/h2-7,12H,8-11,13H2,1H3. The average molecular weight is 414 g/mol. The van der Waals surface area contributed by atoms with Gasteiger partial charge in [-0.3, -0.25) is 9.69 Å². The number of benzene rings is 2. The van der Waals surface area contributed by atoms with Crippen molar-refractivity contribution in [1.82, 2.24) is 19.9 Å². The van der Waals surface area contributed by atoms with Crippen molar-refractivity contribution in [3.63, 3.8) is 0 Å². The minimum absolute atomic E-state index is 0.120. The molecule has 0 unspecified atom stereocenters. The van der Waals surface area contributed by atoms with Crippen LogP contribution in [0, 0.1) is 11.6 Å². The Hall–Kier alpha value is -3.33. The van der Waals surface area contributed by atoms with E-state index < -0.39 is 17.5 Å². The molecular formula is C21H20F2N4O3. The largest absolute Gasteiger partial charge is 0.497 e. The summed E-state index contributed by atoms with van der Waals surface area (Å²) in [6, 6.07) is 10.3. The number of aromatic nitrogens is 2. The summed E-state index contributed by atoms with van der Waals surface area (Å²) in [7, 11) is 1.60. The molecule has 156 valence electrons. The molecule has 3 aromatic rings. The molecular weight excluding hydrogens is 394 g/mol. The third-order valence-corrected chi connectivity index (χ3v) is 5.00. The number of carbonyl (C=O) groups is 1. The molecule has 1 fully saturated rings. The van der Waals surface area contributed by atoms with Gasteiger partial charge in [0.2, 0.25) is 11.7 Å². The third-order valence-electron chi connectivity index (χ3n) is 5.00. The lowest BCUT2D eigenvalue weighted by Crippen LogP contribution is -2.48. The molecule has 2 aromatic carbocycles. The number of piperazine rings is 1. The summed E-state index contributed by atoms with van der Waals surface area (Å²) >= 11 is 0. The number of ether oxygens (including phenoxy) is 1. The van der Waals surface area contributed by atoms with Crippen molar-refractivity contribution in [2.45, 2.75) is 6.54 Å². The topological polar surface area (TPSA) is 71.7 Å². The van der Waals surface area contributed by atoms with Crippen LogP contribution in [0.5, 0.6) is 5.75 Å². The number of carbonyl (C=O) groups excluding carboxylic acids is 1. The highest BCUT2D eigenvalue weighted by Gasteiger charge is 2.25. The predicted octanol–water partition coefficient (Wildman–Crippen LogP) is 2.98. The molecule has 4 rings (SSSR count). The fraction of sp³-hybridized carbons (Fsp3) is 0.286. The molecule has 0 atom stereocenters. The van der Waals surface area contributed by atoms with Crippen molar-refractivity contribution in [3.8, 4) is 17.1 Å². The Kier molecular flexibility index (Phi) is 5.71. The van der Waals surface area contributed by atoms with Gasteiger partial charge in [0.25, 0.3) is 5.91 Å². The Morgan fingerprint density at radius 2 is 1.83 bits per heavy atom. The van der Waals surface area contributed by atoms with Gasteiger partial charge in [-0.25, -0.2) is 8.78 Å². The summed E-state index contributed by atoms with van der Waals surface area (Å²) < 4.78 is 37.4. The van der Waals surface area contributed by atoms with Crippen LogP contribution in [0.3, 0.4) is 0 Å². The van der Waals surface area contributed by atoms with Crippen LogP contribution in [0.4, 0.5) is 8.78 Å². The molecule has 0 bridgehead atoms. The van der Waals surface area contributed by atoms with Crippen molar-refractivity contribution >= 4 is 5.91 Å². The van der Waals surface area contributed by atoms with Crippen LogP contribution < -0.4 is 4.74 Å². The number of rotatable bonds is 5. The van der Waals surface area contributed by atoms with Crippen molar-refractivity contribution in [2.24, 2.45) is 0 Å². The van der Waals surface area contributed by atoms with E-state index in [1.165, 1.54) is 6.07 Å². The van der Waals surface area contributed by atoms with Crippen molar-refractivity contribution < 1.29 is 22.8 Å². The Morgan fingerprint density at radius 1 is 1.10 bits per heavy atom. The normalized spacial score (nSPS) is 14.7. The van der Waals surface area contributed by atoms with E-state index in [0.29, 0.717) is 44.4 Å². The number of nitrogens with zero attached hydrogens (tertiary/aromatic N) is 4. The minimum atomic E-state index is -0.848. The Morgan fingerprint density at radius 3 is 2.50 bits per heavy atom. The Balaban J connectivity index is 1.33. The highest BCUT2D eigenvalue weighted by Crippen LogP contribution is 2.20. The molecule has 2 heterocycles. The second-order valence-electron chi connectivity index (χ2n) is 6.93. The molecule has 0 spiro atoms. The number of hydrogen-bond acceptors (Lipinski definition) is 6. The Labute approximate surface area is 171 Å². The zero-order chi connectivity index (χ0) is 21.1. The van der Waals surface area contributed by atoms with Gasteiger partial charge in [0.15, 0.2) is 0 Å². The lowest BCUT2D eigenvalue weighted by molar-refractivity contribution is 0.0610. The second kappa shape index (κ2) is 8.58. The lowest BCUT2D eigenvalue weighted by Gasteiger charge is -2.34. The Bertz CT molecular complexity index is 1030. The van der Waals surface area contributed by atoms with Gasteiger partial charge in [0.05, 0.1) is 19.2 Å². The fourth-order valence-electron chi connectivity index (χ4n) is 3.31. The third kappa shape index (κ3) is 4.30. The molecule has 1 aliphatic rings. The van der Waals surface area contributed by atoms with Crippen LogP contribution in [0.1, 0.15) is 16.2 Å². The van der Waals surface area contributed by atoms with E-state index >= 15 is 0 Å². The van der Waals surface area contributed by atoms with Crippen LogP contribution in [0.15, 0.2) is 47.0 Å². The van der Waals surface area contributed by atoms with Crippen molar-refractivity contribution in [3.05, 3.63) is 65.6 Å². The molecule has 1 amide bonds. The van der Waals surface area contributed by atoms with Crippen LogP contribution in [-0.4, -0.2) is 59.1 Å². The smallest absolute Gasteiger partial charge is 0.256 e. The summed E-state index contributed by atoms with van der Waals surface area (Å²) in [4.78, 5) is 20.6. The average Bonchev–Trinajstić information content (AvgIpc) is 3.22. The first-order valence-electron chi connectivity index (χ1n) is 9.47. The summed E-state index contributed by atoms with van der Waals surface area (Å²) in [5.74, 6) is -0.276. The molecule has 9 heteroatoms. The zero-order valence-electron chi connectivity index (χ0n) is 16.3. The maximum atomic E-state index is 13.9. The summed E-state index contributed by atoms with van der Waals surface area (Å²) in [5, 5.41) is 4.02. The first kappa shape index (κ1) is 20.0. The number of methoxy groups -OCH3 is 1. The molecule has 1 saturated heterocycles. The van der Waals surface area contributed by atoms with Crippen LogP contribution in [0.25, 0.3) is 11.4 Å². The second-order valence-corrected chi connectivity index (χ2v) is 6.93. The molecule has 0 aliphatic carbocycles. The van der Waals surface area contributed by atoms with Gasteiger partial charge in [0, 0.05) is 37.8 Å². The van der Waals surface area contributed by atoms with Gasteiger partial charge in [-0.1, -0.05) is 5.16 Å². The SMILES string of the molecule is COc1ccc(-c2noc(CN3CCN(C(=O)c4ccc(F)cc4F)CC3)n2)cc1. The van der Waals surface area contributed by atoms with Gasteiger partial charge < -0.3 is 14.2 Å². The van der Waals surface area contributed by atoms with Gasteiger partial charge in [0.1, 0.15) is 17.4 Å².